The number of aromatic nitrogens is 4. The number of halogens is 1. The first-order chi connectivity index (χ1) is 14.2. The molecule has 0 amide bonds. The predicted molar refractivity (Wildman–Crippen MR) is 110 cm³/mol. The van der Waals surface area contributed by atoms with Gasteiger partial charge in [0.1, 0.15) is 17.3 Å². The molecule has 0 saturated carbocycles. The largest absolute Gasteiger partial charge is 0.496 e. The number of hydrogen-bond donors (Lipinski definition) is 1. The van der Waals surface area contributed by atoms with Crippen LogP contribution in [0.25, 0.3) is 22.6 Å². The van der Waals surface area contributed by atoms with Gasteiger partial charge in [0.2, 0.25) is 5.95 Å². The third-order valence-corrected chi connectivity index (χ3v) is 4.61. The van der Waals surface area contributed by atoms with Crippen molar-refractivity contribution < 1.29 is 9.13 Å². The lowest BCUT2D eigenvalue weighted by atomic mass is 10.1. The van der Waals surface area contributed by atoms with Crippen molar-refractivity contribution in [1.82, 2.24) is 19.5 Å². The number of benzene rings is 2. The Labute approximate surface area is 168 Å². The molecular formula is C22H20FN5O. The zero-order valence-corrected chi connectivity index (χ0v) is 16.1. The number of methoxy groups -OCH3 is 1. The molecule has 0 atom stereocenters. The van der Waals surface area contributed by atoms with Gasteiger partial charge in [-0.15, -0.1) is 0 Å². The van der Waals surface area contributed by atoms with E-state index in [4.69, 9.17) is 9.72 Å². The molecule has 0 fully saturated rings. The molecule has 6 nitrogen and oxygen atoms in total. The van der Waals surface area contributed by atoms with Crippen LogP contribution in [0.5, 0.6) is 5.75 Å². The van der Waals surface area contributed by atoms with Crippen LogP contribution in [0.2, 0.25) is 0 Å². The number of hydrogen-bond acceptors (Lipinski definition) is 5. The average Bonchev–Trinajstić information content (AvgIpc) is 3.18. The Hall–Kier alpha value is -3.74. The summed E-state index contributed by atoms with van der Waals surface area (Å²) in [6.07, 6.45) is 5.30. The summed E-state index contributed by atoms with van der Waals surface area (Å²) < 4.78 is 20.6. The number of nitrogens with one attached hydrogen (secondary N) is 1. The number of para-hydroxylation sites is 1. The molecule has 2 aromatic carbocycles. The van der Waals surface area contributed by atoms with Crippen LogP contribution in [0.4, 0.5) is 10.3 Å². The minimum absolute atomic E-state index is 0.289. The molecule has 146 valence electrons. The first-order valence-electron chi connectivity index (χ1n) is 9.12. The van der Waals surface area contributed by atoms with Gasteiger partial charge in [-0.2, -0.15) is 0 Å². The zero-order valence-electron chi connectivity index (χ0n) is 16.1. The van der Waals surface area contributed by atoms with Crippen molar-refractivity contribution in [2.24, 2.45) is 7.05 Å². The highest BCUT2D eigenvalue weighted by Gasteiger charge is 2.15. The standard InChI is InChI=1S/C22H20FN5O/c1-28-12-11-24-21(28)20-18(15-7-9-17(23)10-8-15)14-26-22(27-20)25-13-16-5-3-4-6-19(16)29-2/h3-12,14H,13H2,1-2H3,(H,25,26,27). The second-order valence-corrected chi connectivity index (χ2v) is 6.49. The maximum Gasteiger partial charge on any atom is 0.223 e. The summed E-state index contributed by atoms with van der Waals surface area (Å²) in [5, 5.41) is 3.25. The average molecular weight is 389 g/mol. The van der Waals surface area contributed by atoms with Crippen molar-refractivity contribution >= 4 is 5.95 Å². The Morgan fingerprint density at radius 1 is 1.07 bits per heavy atom. The summed E-state index contributed by atoms with van der Waals surface area (Å²) >= 11 is 0. The van der Waals surface area contributed by atoms with Crippen molar-refractivity contribution in [2.75, 3.05) is 12.4 Å². The minimum atomic E-state index is -0.289. The number of rotatable bonds is 6. The maximum atomic E-state index is 13.4. The van der Waals surface area contributed by atoms with Gasteiger partial charge in [-0.3, -0.25) is 0 Å². The third kappa shape index (κ3) is 3.94. The van der Waals surface area contributed by atoms with Crippen LogP contribution in [0.3, 0.4) is 0 Å². The summed E-state index contributed by atoms with van der Waals surface area (Å²) in [5.74, 6) is 1.68. The van der Waals surface area contributed by atoms with E-state index in [9.17, 15) is 4.39 Å². The molecule has 0 aliphatic carbocycles. The molecule has 4 rings (SSSR count). The van der Waals surface area contributed by atoms with E-state index in [1.165, 1.54) is 12.1 Å². The highest BCUT2D eigenvalue weighted by atomic mass is 19.1. The number of aryl methyl sites for hydroxylation is 1. The van der Waals surface area contributed by atoms with Crippen molar-refractivity contribution in [3.63, 3.8) is 0 Å². The van der Waals surface area contributed by atoms with E-state index in [0.717, 1.165) is 22.4 Å². The van der Waals surface area contributed by atoms with Crippen molar-refractivity contribution in [1.29, 1.82) is 0 Å². The fraction of sp³-hybridized carbons (Fsp3) is 0.136. The quantitative estimate of drug-likeness (QED) is 0.533. The van der Waals surface area contributed by atoms with Gasteiger partial charge in [-0.1, -0.05) is 30.3 Å². The monoisotopic (exact) mass is 389 g/mol. The summed E-state index contributed by atoms with van der Waals surface area (Å²) in [6, 6.07) is 14.0. The molecule has 0 bridgehead atoms. The lowest BCUT2D eigenvalue weighted by molar-refractivity contribution is 0.410. The number of anilines is 1. The molecule has 0 radical (unpaired) electrons. The van der Waals surface area contributed by atoms with Crippen LogP contribution >= 0.6 is 0 Å². The summed E-state index contributed by atoms with van der Waals surface area (Å²) in [7, 11) is 3.55. The van der Waals surface area contributed by atoms with Gasteiger partial charge in [-0.05, 0) is 23.8 Å². The van der Waals surface area contributed by atoms with Gasteiger partial charge in [0.15, 0.2) is 5.82 Å². The maximum absolute atomic E-state index is 13.4. The predicted octanol–water partition coefficient (Wildman–Crippen LogP) is 4.30. The molecule has 0 saturated heterocycles. The second kappa shape index (κ2) is 8.10. The van der Waals surface area contributed by atoms with Crippen LogP contribution in [-0.4, -0.2) is 26.6 Å². The van der Waals surface area contributed by atoms with Gasteiger partial charge >= 0.3 is 0 Å². The number of nitrogens with zero attached hydrogens (tertiary/aromatic N) is 4. The van der Waals surface area contributed by atoms with E-state index in [0.29, 0.717) is 24.0 Å². The van der Waals surface area contributed by atoms with E-state index in [1.807, 2.05) is 42.1 Å². The zero-order chi connectivity index (χ0) is 20.2. The van der Waals surface area contributed by atoms with Crippen molar-refractivity contribution in [3.8, 4) is 28.4 Å². The van der Waals surface area contributed by atoms with Gasteiger partial charge in [-0.25, -0.2) is 19.3 Å². The summed E-state index contributed by atoms with van der Waals surface area (Å²) in [5.41, 5.74) is 3.27. The summed E-state index contributed by atoms with van der Waals surface area (Å²) in [4.78, 5) is 13.6. The third-order valence-electron chi connectivity index (χ3n) is 4.61. The molecule has 4 aromatic rings. The molecule has 1 N–H and O–H groups in total. The van der Waals surface area contributed by atoms with Crippen LogP contribution < -0.4 is 10.1 Å². The van der Waals surface area contributed by atoms with Crippen molar-refractivity contribution in [3.05, 3.63) is 78.5 Å². The van der Waals surface area contributed by atoms with E-state index in [1.54, 1.807) is 31.6 Å². The molecule has 0 aliphatic rings. The fourth-order valence-corrected chi connectivity index (χ4v) is 3.10. The number of ether oxygens (including phenoxy) is 1. The molecule has 2 aromatic heterocycles. The minimum Gasteiger partial charge on any atom is -0.496 e. The molecule has 7 heteroatoms. The molecule has 29 heavy (non-hydrogen) atoms. The smallest absolute Gasteiger partial charge is 0.223 e. The van der Waals surface area contributed by atoms with E-state index >= 15 is 0 Å². The van der Waals surface area contributed by atoms with Crippen LogP contribution in [0, 0.1) is 5.82 Å². The van der Waals surface area contributed by atoms with E-state index < -0.39 is 0 Å². The van der Waals surface area contributed by atoms with Crippen LogP contribution in [-0.2, 0) is 13.6 Å². The van der Waals surface area contributed by atoms with Gasteiger partial charge in [0, 0.05) is 43.3 Å². The van der Waals surface area contributed by atoms with Crippen LogP contribution in [0.15, 0.2) is 67.1 Å². The number of imidazole rings is 1. The Morgan fingerprint density at radius 3 is 2.59 bits per heavy atom. The van der Waals surface area contributed by atoms with Gasteiger partial charge in [0.05, 0.1) is 7.11 Å². The second-order valence-electron chi connectivity index (χ2n) is 6.49. The van der Waals surface area contributed by atoms with E-state index in [-0.39, 0.29) is 5.82 Å². The van der Waals surface area contributed by atoms with Crippen LogP contribution in [0.1, 0.15) is 5.56 Å². The molecule has 2 heterocycles. The topological polar surface area (TPSA) is 64.9 Å². The lowest BCUT2D eigenvalue weighted by Crippen LogP contribution is -2.07. The lowest BCUT2D eigenvalue weighted by Gasteiger charge is -2.13. The Morgan fingerprint density at radius 2 is 1.86 bits per heavy atom. The van der Waals surface area contributed by atoms with Gasteiger partial charge in [0.25, 0.3) is 0 Å². The molecule has 0 aliphatic heterocycles. The highest BCUT2D eigenvalue weighted by Crippen LogP contribution is 2.30. The Balaban J connectivity index is 1.70. The molecule has 0 unspecified atom stereocenters. The fourth-order valence-electron chi connectivity index (χ4n) is 3.10. The first-order valence-corrected chi connectivity index (χ1v) is 9.12. The Bertz CT molecular complexity index is 1120. The highest BCUT2D eigenvalue weighted by molar-refractivity contribution is 5.78. The molecule has 0 spiro atoms. The summed E-state index contributed by atoms with van der Waals surface area (Å²) in [6.45, 7) is 0.514. The molecular weight excluding hydrogens is 369 g/mol. The Kier molecular flexibility index (Phi) is 5.20. The normalized spacial score (nSPS) is 10.7. The van der Waals surface area contributed by atoms with Crippen molar-refractivity contribution in [2.45, 2.75) is 6.54 Å². The van der Waals surface area contributed by atoms with Gasteiger partial charge < -0.3 is 14.6 Å². The van der Waals surface area contributed by atoms with E-state index in [2.05, 4.69) is 15.3 Å². The SMILES string of the molecule is COc1ccccc1CNc1ncc(-c2ccc(F)cc2)c(-c2nccn2C)n1. The first kappa shape index (κ1) is 18.6.